The number of nitrogens with one attached hydrogen (secondary N) is 2. The molecule has 4 rings (SSSR count). The fourth-order valence-corrected chi connectivity index (χ4v) is 3.11. The molecule has 1 unspecified atom stereocenters. The molecule has 4 heteroatoms. The summed E-state index contributed by atoms with van der Waals surface area (Å²) in [5.41, 5.74) is 4.29. The summed E-state index contributed by atoms with van der Waals surface area (Å²) in [7, 11) is 0. The molecule has 0 bridgehead atoms. The van der Waals surface area contributed by atoms with Crippen LogP contribution < -0.4 is 10.6 Å². The number of benzene rings is 3. The van der Waals surface area contributed by atoms with Crippen molar-refractivity contribution in [3.05, 3.63) is 90.0 Å². The van der Waals surface area contributed by atoms with Crippen LogP contribution in [0.4, 0.5) is 17.5 Å². The molecule has 0 aliphatic carbocycles. The van der Waals surface area contributed by atoms with Crippen LogP contribution in [0.15, 0.2) is 78.9 Å². The Morgan fingerprint density at radius 1 is 0.778 bits per heavy atom. The maximum Gasteiger partial charge on any atom is 0.229 e. The van der Waals surface area contributed by atoms with Crippen LogP contribution in [-0.4, -0.2) is 9.97 Å². The Hall–Kier alpha value is -3.40. The van der Waals surface area contributed by atoms with Gasteiger partial charge in [0.1, 0.15) is 5.82 Å². The number of para-hydroxylation sites is 2. The summed E-state index contributed by atoms with van der Waals surface area (Å²) < 4.78 is 0. The average Bonchev–Trinajstić information content (AvgIpc) is 2.70. The van der Waals surface area contributed by atoms with Gasteiger partial charge in [0.2, 0.25) is 5.95 Å². The van der Waals surface area contributed by atoms with E-state index in [0.29, 0.717) is 5.95 Å². The van der Waals surface area contributed by atoms with E-state index >= 15 is 0 Å². The van der Waals surface area contributed by atoms with E-state index in [4.69, 9.17) is 9.97 Å². The van der Waals surface area contributed by atoms with Crippen LogP contribution in [0.1, 0.15) is 24.1 Å². The van der Waals surface area contributed by atoms with E-state index in [-0.39, 0.29) is 6.04 Å². The van der Waals surface area contributed by atoms with E-state index in [2.05, 4.69) is 54.8 Å². The van der Waals surface area contributed by atoms with Gasteiger partial charge in [-0.1, -0.05) is 60.7 Å². The Morgan fingerprint density at radius 2 is 1.48 bits per heavy atom. The quantitative estimate of drug-likeness (QED) is 0.472. The van der Waals surface area contributed by atoms with Crippen LogP contribution in [0.3, 0.4) is 0 Å². The predicted octanol–water partition coefficient (Wildman–Crippen LogP) is 5.85. The molecule has 27 heavy (non-hydrogen) atoms. The van der Waals surface area contributed by atoms with Crippen molar-refractivity contribution < 1.29 is 0 Å². The number of anilines is 3. The first-order valence-corrected chi connectivity index (χ1v) is 9.11. The number of hydrogen-bond donors (Lipinski definition) is 2. The number of aryl methyl sites for hydroxylation is 1. The molecule has 3 aromatic carbocycles. The fourth-order valence-electron chi connectivity index (χ4n) is 3.11. The van der Waals surface area contributed by atoms with Gasteiger partial charge in [-0.2, -0.15) is 4.98 Å². The van der Waals surface area contributed by atoms with Crippen LogP contribution in [0.2, 0.25) is 0 Å². The first kappa shape index (κ1) is 17.0. The van der Waals surface area contributed by atoms with Crippen LogP contribution in [0, 0.1) is 6.92 Å². The molecule has 0 radical (unpaired) electrons. The number of hydrogen-bond acceptors (Lipinski definition) is 4. The minimum Gasteiger partial charge on any atom is -0.363 e. The van der Waals surface area contributed by atoms with E-state index in [1.165, 1.54) is 5.56 Å². The molecule has 2 N–H and O–H groups in total. The third kappa shape index (κ3) is 3.75. The first-order chi connectivity index (χ1) is 13.2. The maximum absolute atomic E-state index is 4.77. The van der Waals surface area contributed by atoms with Crippen LogP contribution in [0.25, 0.3) is 10.9 Å². The van der Waals surface area contributed by atoms with Crippen molar-refractivity contribution in [2.45, 2.75) is 19.9 Å². The van der Waals surface area contributed by atoms with Crippen LogP contribution in [0.5, 0.6) is 0 Å². The third-order valence-electron chi connectivity index (χ3n) is 4.65. The van der Waals surface area contributed by atoms with E-state index in [1.807, 2.05) is 48.5 Å². The molecule has 0 spiro atoms. The zero-order valence-corrected chi connectivity index (χ0v) is 15.5. The van der Waals surface area contributed by atoms with Crippen molar-refractivity contribution in [1.29, 1.82) is 0 Å². The van der Waals surface area contributed by atoms with Gasteiger partial charge >= 0.3 is 0 Å². The molecule has 134 valence electrons. The van der Waals surface area contributed by atoms with Gasteiger partial charge in [0.15, 0.2) is 0 Å². The van der Waals surface area contributed by atoms with E-state index < -0.39 is 0 Å². The normalized spacial score (nSPS) is 11.9. The highest BCUT2D eigenvalue weighted by Crippen LogP contribution is 2.27. The van der Waals surface area contributed by atoms with Gasteiger partial charge in [-0.15, -0.1) is 0 Å². The fraction of sp³-hybridized carbons (Fsp3) is 0.130. The maximum atomic E-state index is 4.77. The lowest BCUT2D eigenvalue weighted by molar-refractivity contribution is 0.876. The molecule has 1 heterocycles. The van der Waals surface area contributed by atoms with E-state index in [9.17, 15) is 0 Å². The summed E-state index contributed by atoms with van der Waals surface area (Å²) in [5, 5.41) is 7.92. The molecule has 4 aromatic rings. The zero-order chi connectivity index (χ0) is 18.6. The summed E-state index contributed by atoms with van der Waals surface area (Å²) in [5.74, 6) is 1.42. The summed E-state index contributed by atoms with van der Waals surface area (Å²) in [6, 6.07) is 26.7. The molecule has 0 saturated heterocycles. The van der Waals surface area contributed by atoms with Gasteiger partial charge in [0.25, 0.3) is 0 Å². The minimum absolute atomic E-state index is 0.135. The van der Waals surface area contributed by atoms with Crippen molar-refractivity contribution in [3.8, 4) is 0 Å². The second kappa shape index (κ2) is 7.46. The van der Waals surface area contributed by atoms with Crippen molar-refractivity contribution in [2.75, 3.05) is 10.6 Å². The van der Waals surface area contributed by atoms with E-state index in [1.54, 1.807) is 0 Å². The Morgan fingerprint density at radius 3 is 2.30 bits per heavy atom. The first-order valence-electron chi connectivity index (χ1n) is 9.11. The molecule has 0 aliphatic heterocycles. The van der Waals surface area contributed by atoms with Crippen molar-refractivity contribution >= 4 is 28.4 Å². The standard InChI is InChI=1S/C23H22N4/c1-16-10-6-8-14-20(16)25-23-26-21-15-9-7-13-19(21)22(27-23)24-17(2)18-11-4-3-5-12-18/h3-15,17H,1-2H3,(H2,24,25,26,27). The van der Waals surface area contributed by atoms with Crippen LogP contribution in [-0.2, 0) is 0 Å². The van der Waals surface area contributed by atoms with Gasteiger partial charge in [0.05, 0.1) is 5.52 Å². The molecule has 1 atom stereocenters. The lowest BCUT2D eigenvalue weighted by Crippen LogP contribution is -2.10. The molecule has 4 nitrogen and oxygen atoms in total. The Labute approximate surface area is 159 Å². The van der Waals surface area contributed by atoms with Gasteiger partial charge in [-0.05, 0) is 43.2 Å². The van der Waals surface area contributed by atoms with Gasteiger partial charge in [-0.3, -0.25) is 0 Å². The number of fused-ring (bicyclic) bond motifs is 1. The average molecular weight is 354 g/mol. The zero-order valence-electron chi connectivity index (χ0n) is 15.5. The Kier molecular flexibility index (Phi) is 4.71. The largest absolute Gasteiger partial charge is 0.363 e. The topological polar surface area (TPSA) is 49.8 Å². The molecular weight excluding hydrogens is 332 g/mol. The van der Waals surface area contributed by atoms with Gasteiger partial charge < -0.3 is 10.6 Å². The second-order valence-electron chi connectivity index (χ2n) is 6.63. The lowest BCUT2D eigenvalue weighted by atomic mass is 10.1. The summed E-state index contributed by atoms with van der Waals surface area (Å²) in [4.78, 5) is 9.46. The number of nitrogens with zero attached hydrogens (tertiary/aromatic N) is 2. The molecule has 0 saturated carbocycles. The Bertz CT molecular complexity index is 1060. The highest BCUT2D eigenvalue weighted by atomic mass is 15.1. The highest BCUT2D eigenvalue weighted by molar-refractivity contribution is 5.90. The van der Waals surface area contributed by atoms with Crippen molar-refractivity contribution in [3.63, 3.8) is 0 Å². The molecular formula is C23H22N4. The molecule has 0 aliphatic rings. The van der Waals surface area contributed by atoms with Crippen LogP contribution >= 0.6 is 0 Å². The van der Waals surface area contributed by atoms with E-state index in [0.717, 1.165) is 28.0 Å². The van der Waals surface area contributed by atoms with Crippen molar-refractivity contribution in [1.82, 2.24) is 9.97 Å². The number of rotatable bonds is 5. The van der Waals surface area contributed by atoms with Gasteiger partial charge in [0, 0.05) is 17.1 Å². The second-order valence-corrected chi connectivity index (χ2v) is 6.63. The predicted molar refractivity (Wildman–Crippen MR) is 112 cm³/mol. The third-order valence-corrected chi connectivity index (χ3v) is 4.65. The molecule has 0 fully saturated rings. The lowest BCUT2D eigenvalue weighted by Gasteiger charge is -2.17. The molecule has 1 aromatic heterocycles. The van der Waals surface area contributed by atoms with Crippen molar-refractivity contribution in [2.24, 2.45) is 0 Å². The summed E-state index contributed by atoms with van der Waals surface area (Å²) in [6.07, 6.45) is 0. The monoisotopic (exact) mass is 354 g/mol. The number of aromatic nitrogens is 2. The summed E-state index contributed by atoms with van der Waals surface area (Å²) in [6.45, 7) is 4.21. The molecule has 0 amide bonds. The highest BCUT2D eigenvalue weighted by Gasteiger charge is 2.12. The summed E-state index contributed by atoms with van der Waals surface area (Å²) >= 11 is 0. The smallest absolute Gasteiger partial charge is 0.229 e. The van der Waals surface area contributed by atoms with Gasteiger partial charge in [-0.25, -0.2) is 4.98 Å². The Balaban J connectivity index is 1.71. The SMILES string of the molecule is Cc1ccccc1Nc1nc(NC(C)c2ccccc2)c2ccccc2n1. The minimum atomic E-state index is 0.135.